The van der Waals surface area contributed by atoms with Gasteiger partial charge in [-0.05, 0) is 31.4 Å². The first-order valence-corrected chi connectivity index (χ1v) is 7.55. The summed E-state index contributed by atoms with van der Waals surface area (Å²) in [4.78, 5) is 16.4. The van der Waals surface area contributed by atoms with Crippen LogP contribution in [0.2, 0.25) is 0 Å². The highest BCUT2D eigenvalue weighted by Gasteiger charge is 2.16. The number of fused-ring (bicyclic) bond motifs is 1. The molecule has 0 spiro atoms. The zero-order valence-corrected chi connectivity index (χ0v) is 12.9. The lowest BCUT2D eigenvalue weighted by molar-refractivity contribution is -0.118. The summed E-state index contributed by atoms with van der Waals surface area (Å²) < 4.78 is 0. The molecule has 0 amide bonds. The predicted octanol–water partition coefficient (Wildman–Crippen LogP) is 4.22. The number of hydrogen-bond donors (Lipinski definition) is 0. The molecule has 0 bridgehead atoms. The molecule has 0 aliphatic heterocycles. The van der Waals surface area contributed by atoms with Crippen LogP contribution in [0.3, 0.4) is 0 Å². The van der Waals surface area contributed by atoms with Crippen molar-refractivity contribution in [3.63, 3.8) is 0 Å². The number of para-hydroxylation sites is 1. The van der Waals surface area contributed by atoms with Gasteiger partial charge in [0, 0.05) is 17.5 Å². The van der Waals surface area contributed by atoms with E-state index in [0.29, 0.717) is 12.8 Å². The van der Waals surface area contributed by atoms with Gasteiger partial charge in [-0.2, -0.15) is 0 Å². The van der Waals surface area contributed by atoms with E-state index in [1.807, 2.05) is 26.0 Å². The average molecular weight is 320 g/mol. The molecule has 0 saturated carbocycles. The Morgan fingerprint density at radius 3 is 2.84 bits per heavy atom. The Labute approximate surface area is 122 Å². The number of Topliss-reactive ketones (excluding diaryl/α,β-unsaturated/α-hetero) is 1. The fourth-order valence-corrected chi connectivity index (χ4v) is 2.76. The second-order valence-electron chi connectivity index (χ2n) is 4.83. The number of rotatable bonds is 5. The van der Waals surface area contributed by atoms with E-state index in [1.54, 1.807) is 0 Å². The number of benzene rings is 1. The summed E-state index contributed by atoms with van der Waals surface area (Å²) in [6.07, 6.45) is 2.23. The molecule has 1 aromatic carbocycles. The van der Waals surface area contributed by atoms with Crippen molar-refractivity contribution in [1.29, 1.82) is 0 Å². The Hall–Kier alpha value is -1.22. The normalized spacial score (nSPS) is 12.6. The largest absolute Gasteiger partial charge is 0.298 e. The quantitative estimate of drug-likeness (QED) is 0.772. The van der Waals surface area contributed by atoms with Gasteiger partial charge in [0.05, 0.1) is 10.3 Å². The predicted molar refractivity (Wildman–Crippen MR) is 82.8 cm³/mol. The second kappa shape index (κ2) is 6.29. The summed E-state index contributed by atoms with van der Waals surface area (Å²) in [5.74, 6) is 0.271. The van der Waals surface area contributed by atoms with E-state index in [1.165, 1.54) is 0 Å². The number of aromatic nitrogens is 1. The van der Waals surface area contributed by atoms with Crippen LogP contribution in [0.15, 0.2) is 30.3 Å². The third kappa shape index (κ3) is 3.41. The van der Waals surface area contributed by atoms with Crippen LogP contribution in [0.4, 0.5) is 0 Å². The summed E-state index contributed by atoms with van der Waals surface area (Å²) in [6, 6.07) is 10.2. The molecule has 0 fully saturated rings. The standard InChI is InChI=1S/C16H18BrNO/c1-3-5-15(19)14(17)10-13-7-4-6-12-9-8-11(2)18-16(12)13/h4,6-9,14H,3,5,10H2,1-2H3. The smallest absolute Gasteiger partial charge is 0.146 e. The van der Waals surface area contributed by atoms with Crippen molar-refractivity contribution in [2.75, 3.05) is 0 Å². The number of pyridine rings is 1. The van der Waals surface area contributed by atoms with Crippen LogP contribution >= 0.6 is 15.9 Å². The van der Waals surface area contributed by atoms with Gasteiger partial charge < -0.3 is 0 Å². The number of alkyl halides is 1. The van der Waals surface area contributed by atoms with Gasteiger partial charge in [0.25, 0.3) is 0 Å². The van der Waals surface area contributed by atoms with E-state index in [9.17, 15) is 4.79 Å². The lowest BCUT2D eigenvalue weighted by atomic mass is 10.0. The van der Waals surface area contributed by atoms with E-state index in [4.69, 9.17) is 0 Å². The van der Waals surface area contributed by atoms with Crippen molar-refractivity contribution in [2.45, 2.75) is 37.9 Å². The third-order valence-corrected chi connectivity index (χ3v) is 4.02. The first-order chi connectivity index (χ1) is 9.11. The van der Waals surface area contributed by atoms with Crippen molar-refractivity contribution in [1.82, 2.24) is 4.98 Å². The van der Waals surface area contributed by atoms with E-state index < -0.39 is 0 Å². The molecule has 0 saturated heterocycles. The summed E-state index contributed by atoms with van der Waals surface area (Å²) >= 11 is 3.51. The Morgan fingerprint density at radius 1 is 1.32 bits per heavy atom. The molecule has 19 heavy (non-hydrogen) atoms. The van der Waals surface area contributed by atoms with Crippen LogP contribution in [0.25, 0.3) is 10.9 Å². The highest BCUT2D eigenvalue weighted by Crippen LogP contribution is 2.21. The molecule has 100 valence electrons. The molecule has 3 heteroatoms. The number of aryl methyl sites for hydroxylation is 1. The summed E-state index contributed by atoms with van der Waals surface area (Å²) in [5, 5.41) is 1.13. The number of ketones is 1. The summed E-state index contributed by atoms with van der Waals surface area (Å²) in [6.45, 7) is 4.02. The maximum atomic E-state index is 11.9. The number of nitrogens with zero attached hydrogens (tertiary/aromatic N) is 1. The van der Waals surface area contributed by atoms with Crippen molar-refractivity contribution < 1.29 is 4.79 Å². The van der Waals surface area contributed by atoms with Crippen LogP contribution in [0, 0.1) is 6.92 Å². The molecule has 2 aromatic rings. The highest BCUT2D eigenvalue weighted by molar-refractivity contribution is 9.10. The lowest BCUT2D eigenvalue weighted by Gasteiger charge is -2.10. The molecule has 0 radical (unpaired) electrons. The van der Waals surface area contributed by atoms with Gasteiger partial charge in [-0.3, -0.25) is 9.78 Å². The van der Waals surface area contributed by atoms with Gasteiger partial charge in [0.2, 0.25) is 0 Å². The van der Waals surface area contributed by atoms with Crippen molar-refractivity contribution >= 4 is 32.6 Å². The van der Waals surface area contributed by atoms with Gasteiger partial charge in [0.15, 0.2) is 0 Å². The molecule has 2 nitrogen and oxygen atoms in total. The monoisotopic (exact) mass is 319 g/mol. The number of hydrogen-bond acceptors (Lipinski definition) is 2. The fraction of sp³-hybridized carbons (Fsp3) is 0.375. The van der Waals surface area contributed by atoms with E-state index in [-0.39, 0.29) is 10.6 Å². The van der Waals surface area contributed by atoms with Gasteiger partial charge in [0.1, 0.15) is 5.78 Å². The minimum absolute atomic E-state index is 0.111. The molecular weight excluding hydrogens is 302 g/mol. The van der Waals surface area contributed by atoms with Gasteiger partial charge in [-0.25, -0.2) is 0 Å². The van der Waals surface area contributed by atoms with Crippen molar-refractivity contribution in [3.8, 4) is 0 Å². The first kappa shape index (κ1) is 14.2. The highest BCUT2D eigenvalue weighted by atomic mass is 79.9. The third-order valence-electron chi connectivity index (χ3n) is 3.19. The minimum Gasteiger partial charge on any atom is -0.298 e. The Bertz CT molecular complexity index is 594. The molecule has 1 heterocycles. The minimum atomic E-state index is -0.111. The van der Waals surface area contributed by atoms with Crippen LogP contribution in [-0.4, -0.2) is 15.6 Å². The summed E-state index contributed by atoms with van der Waals surface area (Å²) in [7, 11) is 0. The molecule has 1 atom stereocenters. The molecule has 2 rings (SSSR count). The van der Waals surface area contributed by atoms with E-state index >= 15 is 0 Å². The number of carbonyl (C=O) groups is 1. The van der Waals surface area contributed by atoms with Gasteiger partial charge in [-0.1, -0.05) is 47.1 Å². The lowest BCUT2D eigenvalue weighted by Crippen LogP contribution is -2.16. The molecule has 1 unspecified atom stereocenters. The average Bonchev–Trinajstić information content (AvgIpc) is 2.39. The molecule has 0 aliphatic rings. The van der Waals surface area contributed by atoms with Gasteiger partial charge in [-0.15, -0.1) is 0 Å². The molecule has 1 aromatic heterocycles. The molecule has 0 N–H and O–H groups in total. The number of carbonyl (C=O) groups excluding carboxylic acids is 1. The van der Waals surface area contributed by atoms with Gasteiger partial charge >= 0.3 is 0 Å². The fourth-order valence-electron chi connectivity index (χ4n) is 2.18. The van der Waals surface area contributed by atoms with Crippen LogP contribution < -0.4 is 0 Å². The first-order valence-electron chi connectivity index (χ1n) is 6.64. The van der Waals surface area contributed by atoms with Crippen LogP contribution in [0.1, 0.15) is 31.0 Å². The zero-order valence-electron chi connectivity index (χ0n) is 11.3. The van der Waals surface area contributed by atoms with Crippen molar-refractivity contribution in [2.24, 2.45) is 0 Å². The van der Waals surface area contributed by atoms with Crippen LogP contribution in [-0.2, 0) is 11.2 Å². The topological polar surface area (TPSA) is 30.0 Å². The molecule has 0 aliphatic carbocycles. The maximum Gasteiger partial charge on any atom is 0.146 e. The SMILES string of the molecule is CCCC(=O)C(Br)Cc1cccc2ccc(C)nc12. The zero-order chi connectivity index (χ0) is 13.8. The van der Waals surface area contributed by atoms with E-state index in [0.717, 1.165) is 28.6 Å². The Balaban J connectivity index is 2.30. The molecular formula is C16H18BrNO. The maximum absolute atomic E-state index is 11.9. The van der Waals surface area contributed by atoms with Crippen LogP contribution in [0.5, 0.6) is 0 Å². The number of halogens is 1. The Kier molecular flexibility index (Phi) is 4.70. The van der Waals surface area contributed by atoms with Crippen molar-refractivity contribution in [3.05, 3.63) is 41.6 Å². The Morgan fingerprint density at radius 2 is 2.11 bits per heavy atom. The second-order valence-corrected chi connectivity index (χ2v) is 5.93. The summed E-state index contributed by atoms with van der Waals surface area (Å²) in [5.41, 5.74) is 3.15. The van der Waals surface area contributed by atoms with E-state index in [2.05, 4.69) is 39.1 Å².